The number of nitro groups is 1. The monoisotopic (exact) mass is 259 g/mol. The molecule has 19 heavy (non-hydrogen) atoms. The molecule has 1 unspecified atom stereocenters. The van der Waals surface area contributed by atoms with Gasteiger partial charge in [0.1, 0.15) is 11.6 Å². The minimum atomic E-state index is -0.526. The van der Waals surface area contributed by atoms with Crippen molar-refractivity contribution in [3.05, 3.63) is 33.9 Å². The van der Waals surface area contributed by atoms with Gasteiger partial charge in [0.15, 0.2) is 0 Å². The maximum atomic E-state index is 10.8. The molecule has 1 N–H and O–H groups in total. The summed E-state index contributed by atoms with van der Waals surface area (Å²) in [4.78, 5) is 10.2. The third-order valence-electron chi connectivity index (χ3n) is 3.91. The van der Waals surface area contributed by atoms with Crippen LogP contribution >= 0.6 is 0 Å². The van der Waals surface area contributed by atoms with Crippen molar-refractivity contribution in [3.63, 3.8) is 0 Å². The van der Waals surface area contributed by atoms with E-state index < -0.39 is 4.92 Å². The smallest absolute Gasteiger partial charge is 0.287 e. The first kappa shape index (κ1) is 13.3. The van der Waals surface area contributed by atoms with Crippen molar-refractivity contribution >= 4 is 11.4 Å². The van der Waals surface area contributed by atoms with Crippen molar-refractivity contribution in [3.8, 4) is 6.07 Å². The van der Waals surface area contributed by atoms with Crippen molar-refractivity contribution in [2.45, 2.75) is 39.2 Å². The molecule has 0 bridgehead atoms. The van der Waals surface area contributed by atoms with Crippen LogP contribution < -0.4 is 5.32 Å². The van der Waals surface area contributed by atoms with Crippen LogP contribution in [0.3, 0.4) is 0 Å². The van der Waals surface area contributed by atoms with Crippen LogP contribution in [0.5, 0.6) is 0 Å². The maximum absolute atomic E-state index is 10.8. The molecule has 0 amide bonds. The topological polar surface area (TPSA) is 79.0 Å². The number of hydrogen-bond acceptors (Lipinski definition) is 4. The highest BCUT2D eigenvalue weighted by molar-refractivity contribution is 5.59. The average Bonchev–Trinajstić information content (AvgIpc) is 2.68. The Labute approximate surface area is 112 Å². The number of benzene rings is 1. The lowest BCUT2D eigenvalue weighted by molar-refractivity contribution is -0.385. The van der Waals surface area contributed by atoms with E-state index in [1.54, 1.807) is 12.1 Å². The third-order valence-corrected chi connectivity index (χ3v) is 3.91. The molecule has 1 aliphatic rings. The molecule has 5 nitrogen and oxygen atoms in total. The molecule has 1 aromatic carbocycles. The molecule has 0 radical (unpaired) electrons. The highest BCUT2D eigenvalue weighted by Gasteiger charge is 2.34. The van der Waals surface area contributed by atoms with E-state index in [9.17, 15) is 10.1 Å². The summed E-state index contributed by atoms with van der Waals surface area (Å²) in [6, 6.07) is 6.86. The molecular weight excluding hydrogens is 242 g/mol. The van der Waals surface area contributed by atoms with E-state index in [0.717, 1.165) is 12.1 Å². The van der Waals surface area contributed by atoms with Crippen molar-refractivity contribution in [1.82, 2.24) is 0 Å². The zero-order valence-electron chi connectivity index (χ0n) is 11.1. The van der Waals surface area contributed by atoms with Crippen molar-refractivity contribution < 1.29 is 4.92 Å². The standard InChI is InChI=1S/C14H17N3O2/c1-14(2)7-3-4-13(14)16-11-5-6-12(17(18)19)10(8-11)9-15/h5-6,8,13,16H,3-4,7H2,1-2H3. The van der Waals surface area contributed by atoms with Crippen molar-refractivity contribution in [2.24, 2.45) is 5.41 Å². The molecule has 0 aliphatic heterocycles. The highest BCUT2D eigenvalue weighted by atomic mass is 16.6. The van der Waals surface area contributed by atoms with Gasteiger partial charge in [-0.1, -0.05) is 20.3 Å². The minimum absolute atomic E-state index is 0.103. The van der Waals surface area contributed by atoms with E-state index >= 15 is 0 Å². The lowest BCUT2D eigenvalue weighted by atomic mass is 9.87. The van der Waals surface area contributed by atoms with Crippen LogP contribution in [-0.2, 0) is 0 Å². The Morgan fingerprint density at radius 2 is 2.26 bits per heavy atom. The number of nitrogens with one attached hydrogen (secondary N) is 1. The molecule has 0 spiro atoms. The highest BCUT2D eigenvalue weighted by Crippen LogP contribution is 2.39. The molecule has 0 saturated heterocycles. The molecule has 1 aromatic rings. The zero-order chi connectivity index (χ0) is 14.0. The van der Waals surface area contributed by atoms with Crippen LogP contribution in [-0.4, -0.2) is 11.0 Å². The van der Waals surface area contributed by atoms with Crippen LogP contribution in [0.25, 0.3) is 0 Å². The van der Waals surface area contributed by atoms with Crippen LogP contribution in [0.1, 0.15) is 38.7 Å². The maximum Gasteiger partial charge on any atom is 0.287 e. The van der Waals surface area contributed by atoms with Gasteiger partial charge in [-0.15, -0.1) is 0 Å². The molecular formula is C14H17N3O2. The molecule has 5 heteroatoms. The van der Waals surface area contributed by atoms with Crippen LogP contribution in [0.15, 0.2) is 18.2 Å². The summed E-state index contributed by atoms with van der Waals surface area (Å²) in [5.41, 5.74) is 0.959. The first-order valence-electron chi connectivity index (χ1n) is 6.39. The largest absolute Gasteiger partial charge is 0.382 e. The lowest BCUT2D eigenvalue weighted by Gasteiger charge is -2.28. The first-order valence-corrected chi connectivity index (χ1v) is 6.39. The first-order chi connectivity index (χ1) is 8.94. The summed E-state index contributed by atoms with van der Waals surface area (Å²) in [6.45, 7) is 4.43. The molecule has 100 valence electrons. The summed E-state index contributed by atoms with van der Waals surface area (Å²) in [5.74, 6) is 0. The summed E-state index contributed by atoms with van der Waals surface area (Å²) < 4.78 is 0. The van der Waals surface area contributed by atoms with Gasteiger partial charge >= 0.3 is 0 Å². The average molecular weight is 259 g/mol. The van der Waals surface area contributed by atoms with E-state index in [1.807, 2.05) is 6.07 Å². The Bertz CT molecular complexity index is 546. The van der Waals surface area contributed by atoms with Crippen molar-refractivity contribution in [2.75, 3.05) is 5.32 Å². The third kappa shape index (κ3) is 2.68. The van der Waals surface area contributed by atoms with Gasteiger partial charge < -0.3 is 5.32 Å². The van der Waals surface area contributed by atoms with Gasteiger partial charge in [0.25, 0.3) is 5.69 Å². The summed E-state index contributed by atoms with van der Waals surface area (Å²) >= 11 is 0. The fourth-order valence-electron chi connectivity index (χ4n) is 2.67. The second kappa shape index (κ2) is 4.88. The molecule has 2 rings (SSSR count). The van der Waals surface area contributed by atoms with Crippen LogP contribution in [0.4, 0.5) is 11.4 Å². The molecule has 1 fully saturated rings. The van der Waals surface area contributed by atoms with Gasteiger partial charge in [-0.3, -0.25) is 10.1 Å². The Kier molecular flexibility index (Phi) is 3.43. The van der Waals surface area contributed by atoms with Gasteiger partial charge in [-0.05, 0) is 30.4 Å². The minimum Gasteiger partial charge on any atom is -0.382 e. The number of hydrogen-bond donors (Lipinski definition) is 1. The van der Waals surface area contributed by atoms with Gasteiger partial charge in [0.2, 0.25) is 0 Å². The second-order valence-corrected chi connectivity index (χ2v) is 5.68. The van der Waals surface area contributed by atoms with E-state index in [1.165, 1.54) is 18.9 Å². The van der Waals surface area contributed by atoms with E-state index in [2.05, 4.69) is 19.2 Å². The van der Waals surface area contributed by atoms with Gasteiger partial charge in [-0.25, -0.2) is 0 Å². The van der Waals surface area contributed by atoms with Crippen LogP contribution in [0, 0.1) is 26.9 Å². The Hall–Kier alpha value is -2.09. The molecule has 1 saturated carbocycles. The normalized spacial score (nSPS) is 20.8. The Morgan fingerprint density at radius 1 is 1.53 bits per heavy atom. The summed E-state index contributed by atoms with van der Waals surface area (Å²) in [5, 5.41) is 23.1. The van der Waals surface area contributed by atoms with Crippen molar-refractivity contribution in [1.29, 1.82) is 5.26 Å². The number of anilines is 1. The Balaban J connectivity index is 2.23. The SMILES string of the molecule is CC1(C)CCCC1Nc1ccc([N+](=O)[O-])c(C#N)c1. The summed E-state index contributed by atoms with van der Waals surface area (Å²) in [7, 11) is 0. The lowest BCUT2D eigenvalue weighted by Crippen LogP contribution is -2.30. The predicted molar refractivity (Wildman–Crippen MR) is 72.9 cm³/mol. The van der Waals surface area contributed by atoms with Gasteiger partial charge in [0.05, 0.1) is 4.92 Å². The molecule has 0 heterocycles. The zero-order valence-corrected chi connectivity index (χ0v) is 11.1. The number of nitro benzene ring substituents is 1. The number of nitrogens with zero attached hydrogens (tertiary/aromatic N) is 2. The predicted octanol–water partition coefficient (Wildman–Crippen LogP) is 3.46. The molecule has 0 aromatic heterocycles. The van der Waals surface area contributed by atoms with E-state index in [-0.39, 0.29) is 16.7 Å². The summed E-state index contributed by atoms with van der Waals surface area (Å²) in [6.07, 6.45) is 3.44. The second-order valence-electron chi connectivity index (χ2n) is 5.68. The quantitative estimate of drug-likeness (QED) is 0.666. The number of rotatable bonds is 3. The fourth-order valence-corrected chi connectivity index (χ4v) is 2.67. The van der Waals surface area contributed by atoms with Gasteiger partial charge in [0, 0.05) is 17.8 Å². The molecule has 1 aliphatic carbocycles. The van der Waals surface area contributed by atoms with E-state index in [0.29, 0.717) is 6.04 Å². The number of nitriles is 1. The van der Waals surface area contributed by atoms with E-state index in [4.69, 9.17) is 5.26 Å². The fraction of sp³-hybridized carbons (Fsp3) is 0.500. The molecule has 1 atom stereocenters. The van der Waals surface area contributed by atoms with Gasteiger partial charge in [-0.2, -0.15) is 5.26 Å². The Morgan fingerprint density at radius 3 is 2.79 bits per heavy atom. The van der Waals surface area contributed by atoms with Crippen LogP contribution in [0.2, 0.25) is 0 Å².